The number of hydrogen-bond donors (Lipinski definition) is 1. The van der Waals surface area contributed by atoms with Crippen molar-refractivity contribution in [2.75, 3.05) is 6.54 Å². The Morgan fingerprint density at radius 1 is 1.40 bits per heavy atom. The molecule has 0 saturated heterocycles. The number of halogens is 2. The molecule has 0 saturated carbocycles. The third-order valence-corrected chi connectivity index (χ3v) is 3.50. The Kier molecular flexibility index (Phi) is 3.55. The molecule has 1 aliphatic rings. The van der Waals surface area contributed by atoms with E-state index in [9.17, 15) is 0 Å². The van der Waals surface area contributed by atoms with E-state index in [1.807, 2.05) is 6.07 Å². The average Bonchev–Trinajstić information content (AvgIpc) is 2.19. The minimum absolute atomic E-state index is 0.426. The highest BCUT2D eigenvalue weighted by molar-refractivity contribution is 6.35. The summed E-state index contributed by atoms with van der Waals surface area (Å²) in [5.41, 5.74) is 2.57. The van der Waals surface area contributed by atoms with Crippen LogP contribution in [0.15, 0.2) is 12.1 Å². The summed E-state index contributed by atoms with van der Waals surface area (Å²) in [7, 11) is 0. The monoisotopic (exact) mass is 243 g/mol. The Morgan fingerprint density at radius 3 is 2.93 bits per heavy atom. The maximum absolute atomic E-state index is 6.20. The summed E-state index contributed by atoms with van der Waals surface area (Å²) < 4.78 is 0. The molecule has 0 amide bonds. The van der Waals surface area contributed by atoms with Gasteiger partial charge in [0.1, 0.15) is 0 Å². The van der Waals surface area contributed by atoms with Gasteiger partial charge in [0, 0.05) is 16.1 Å². The summed E-state index contributed by atoms with van der Waals surface area (Å²) >= 11 is 12.2. The Bertz CT molecular complexity index is 363. The van der Waals surface area contributed by atoms with Gasteiger partial charge in [0.2, 0.25) is 0 Å². The van der Waals surface area contributed by atoms with Crippen LogP contribution in [0.25, 0.3) is 0 Å². The molecule has 1 aromatic carbocycles. The van der Waals surface area contributed by atoms with Crippen molar-refractivity contribution in [3.8, 4) is 0 Å². The first-order valence-corrected chi connectivity index (χ1v) is 6.19. The molecular formula is C12H15Cl2N. The minimum Gasteiger partial charge on any atom is -0.310 e. The van der Waals surface area contributed by atoms with Crippen LogP contribution in [0.5, 0.6) is 0 Å². The van der Waals surface area contributed by atoms with E-state index in [1.165, 1.54) is 24.0 Å². The molecule has 0 radical (unpaired) electrons. The number of rotatable bonds is 2. The molecule has 1 atom stereocenters. The Balaban J connectivity index is 2.41. The van der Waals surface area contributed by atoms with Crippen molar-refractivity contribution < 1.29 is 0 Å². The second kappa shape index (κ2) is 4.73. The Morgan fingerprint density at radius 2 is 2.20 bits per heavy atom. The summed E-state index contributed by atoms with van der Waals surface area (Å²) in [6, 6.07) is 4.32. The smallest absolute Gasteiger partial charge is 0.0456 e. The molecule has 15 heavy (non-hydrogen) atoms. The Labute approximate surface area is 101 Å². The number of nitrogens with one attached hydrogen (secondary N) is 1. The molecule has 0 heterocycles. The largest absolute Gasteiger partial charge is 0.310 e. The van der Waals surface area contributed by atoms with Gasteiger partial charge in [0.25, 0.3) is 0 Å². The molecule has 1 nitrogen and oxygen atoms in total. The number of hydrogen-bond acceptors (Lipinski definition) is 1. The lowest BCUT2D eigenvalue weighted by atomic mass is 9.87. The fourth-order valence-corrected chi connectivity index (χ4v) is 2.90. The van der Waals surface area contributed by atoms with Crippen LogP contribution in [-0.2, 0) is 6.42 Å². The molecule has 1 N–H and O–H groups in total. The van der Waals surface area contributed by atoms with Gasteiger partial charge in [-0.3, -0.25) is 0 Å². The lowest BCUT2D eigenvalue weighted by Gasteiger charge is -2.27. The molecule has 0 spiro atoms. The van der Waals surface area contributed by atoms with Gasteiger partial charge in [-0.2, -0.15) is 0 Å². The van der Waals surface area contributed by atoms with E-state index in [0.717, 1.165) is 23.0 Å². The van der Waals surface area contributed by atoms with Gasteiger partial charge in [-0.25, -0.2) is 0 Å². The average molecular weight is 244 g/mol. The number of benzene rings is 1. The van der Waals surface area contributed by atoms with Crippen LogP contribution in [0.1, 0.15) is 36.9 Å². The molecule has 1 aromatic rings. The zero-order valence-corrected chi connectivity index (χ0v) is 10.3. The minimum atomic E-state index is 0.426. The van der Waals surface area contributed by atoms with Crippen LogP contribution in [-0.4, -0.2) is 6.54 Å². The molecule has 0 fully saturated rings. The van der Waals surface area contributed by atoms with E-state index in [4.69, 9.17) is 23.2 Å². The highest BCUT2D eigenvalue weighted by atomic mass is 35.5. The van der Waals surface area contributed by atoms with E-state index in [1.54, 1.807) is 0 Å². The fourth-order valence-electron chi connectivity index (χ4n) is 2.29. The van der Waals surface area contributed by atoms with E-state index >= 15 is 0 Å². The molecule has 0 aromatic heterocycles. The number of fused-ring (bicyclic) bond motifs is 1. The van der Waals surface area contributed by atoms with Gasteiger partial charge in [-0.15, -0.1) is 0 Å². The molecule has 3 heteroatoms. The SMILES string of the molecule is CCNC1CCCc2c(Cl)cc(Cl)cc21. The van der Waals surface area contributed by atoms with Crippen LogP contribution in [0.3, 0.4) is 0 Å². The third kappa shape index (κ3) is 2.30. The zero-order valence-electron chi connectivity index (χ0n) is 8.82. The van der Waals surface area contributed by atoms with E-state index < -0.39 is 0 Å². The molecule has 0 aliphatic heterocycles. The van der Waals surface area contributed by atoms with Crippen molar-refractivity contribution in [1.29, 1.82) is 0 Å². The molecule has 2 rings (SSSR count). The summed E-state index contributed by atoms with van der Waals surface area (Å²) in [5.74, 6) is 0. The molecular weight excluding hydrogens is 229 g/mol. The van der Waals surface area contributed by atoms with Crippen molar-refractivity contribution >= 4 is 23.2 Å². The van der Waals surface area contributed by atoms with Gasteiger partial charge in [-0.1, -0.05) is 30.1 Å². The van der Waals surface area contributed by atoms with Crippen LogP contribution in [0.4, 0.5) is 0 Å². The van der Waals surface area contributed by atoms with Gasteiger partial charge in [0.15, 0.2) is 0 Å². The van der Waals surface area contributed by atoms with Crippen LogP contribution in [0, 0.1) is 0 Å². The second-order valence-corrected chi connectivity index (χ2v) is 4.80. The first-order chi connectivity index (χ1) is 7.22. The van der Waals surface area contributed by atoms with E-state index in [-0.39, 0.29) is 0 Å². The highest BCUT2D eigenvalue weighted by Gasteiger charge is 2.21. The summed E-state index contributed by atoms with van der Waals surface area (Å²) in [5, 5.41) is 5.04. The van der Waals surface area contributed by atoms with Crippen LogP contribution >= 0.6 is 23.2 Å². The van der Waals surface area contributed by atoms with Gasteiger partial charge < -0.3 is 5.32 Å². The van der Waals surface area contributed by atoms with Gasteiger partial charge in [0.05, 0.1) is 0 Å². The second-order valence-electron chi connectivity index (χ2n) is 3.96. The first-order valence-electron chi connectivity index (χ1n) is 5.43. The van der Waals surface area contributed by atoms with Crippen molar-refractivity contribution in [1.82, 2.24) is 5.32 Å². The summed E-state index contributed by atoms with van der Waals surface area (Å²) in [6.45, 7) is 3.11. The summed E-state index contributed by atoms with van der Waals surface area (Å²) in [6.07, 6.45) is 3.46. The van der Waals surface area contributed by atoms with Crippen LogP contribution in [0.2, 0.25) is 10.0 Å². The lowest BCUT2D eigenvalue weighted by molar-refractivity contribution is 0.472. The van der Waals surface area contributed by atoms with Crippen LogP contribution < -0.4 is 5.32 Å². The maximum Gasteiger partial charge on any atom is 0.0456 e. The van der Waals surface area contributed by atoms with E-state index in [2.05, 4.69) is 18.3 Å². The normalized spacial score (nSPS) is 20.1. The molecule has 1 aliphatic carbocycles. The predicted octanol–water partition coefficient (Wildman–Crippen LogP) is 3.98. The highest BCUT2D eigenvalue weighted by Crippen LogP contribution is 2.36. The van der Waals surface area contributed by atoms with Crippen molar-refractivity contribution in [2.24, 2.45) is 0 Å². The molecule has 0 bridgehead atoms. The zero-order chi connectivity index (χ0) is 10.8. The molecule has 82 valence electrons. The molecule has 1 unspecified atom stereocenters. The van der Waals surface area contributed by atoms with Crippen molar-refractivity contribution in [3.63, 3.8) is 0 Å². The van der Waals surface area contributed by atoms with E-state index in [0.29, 0.717) is 6.04 Å². The predicted molar refractivity (Wildman–Crippen MR) is 65.8 cm³/mol. The van der Waals surface area contributed by atoms with Gasteiger partial charge >= 0.3 is 0 Å². The Hall–Kier alpha value is -0.240. The quantitative estimate of drug-likeness (QED) is 0.829. The van der Waals surface area contributed by atoms with Gasteiger partial charge in [-0.05, 0) is 49.1 Å². The van der Waals surface area contributed by atoms with Crippen molar-refractivity contribution in [2.45, 2.75) is 32.2 Å². The third-order valence-electron chi connectivity index (χ3n) is 2.94. The summed E-state index contributed by atoms with van der Waals surface area (Å²) in [4.78, 5) is 0. The topological polar surface area (TPSA) is 12.0 Å². The standard InChI is InChI=1S/C12H15Cl2N/c1-2-15-12-5-3-4-9-10(12)6-8(13)7-11(9)14/h6-7,12,15H,2-5H2,1H3. The fraction of sp³-hybridized carbons (Fsp3) is 0.500. The maximum atomic E-state index is 6.20. The lowest BCUT2D eigenvalue weighted by Crippen LogP contribution is -2.25. The van der Waals surface area contributed by atoms with Crippen molar-refractivity contribution in [3.05, 3.63) is 33.3 Å². The first kappa shape index (κ1) is 11.3.